The molecule has 0 spiro atoms. The average molecular weight is 328 g/mol. The Morgan fingerprint density at radius 3 is 3.08 bits per heavy atom. The van der Waals surface area contributed by atoms with E-state index in [-0.39, 0.29) is 12.2 Å². The van der Waals surface area contributed by atoms with Crippen molar-refractivity contribution < 1.29 is 14.4 Å². The van der Waals surface area contributed by atoms with Crippen molar-refractivity contribution in [2.75, 3.05) is 6.61 Å². The quantitative estimate of drug-likeness (QED) is 0.848. The van der Waals surface area contributed by atoms with Crippen LogP contribution in [0.25, 0.3) is 10.9 Å². The van der Waals surface area contributed by atoms with Gasteiger partial charge in [-0.05, 0) is 49.7 Å². The van der Waals surface area contributed by atoms with E-state index in [0.29, 0.717) is 18.1 Å². The Labute approximate surface area is 141 Å². The number of ether oxygens (including phenoxy) is 1. The van der Waals surface area contributed by atoms with E-state index < -0.39 is 0 Å². The summed E-state index contributed by atoms with van der Waals surface area (Å²) in [7, 11) is 0. The first-order valence-electron chi connectivity index (χ1n) is 8.92. The molecule has 1 aliphatic heterocycles. The van der Waals surface area contributed by atoms with Gasteiger partial charge in [0.05, 0.1) is 11.1 Å². The average Bonchev–Trinajstić information content (AvgIpc) is 2.98. The maximum atomic E-state index is 12.6. The van der Waals surface area contributed by atoms with Crippen LogP contribution >= 0.6 is 0 Å². The second-order valence-electron chi connectivity index (χ2n) is 7.00. The zero-order valence-electron chi connectivity index (χ0n) is 14.1. The fraction of sp³-hybridized carbons (Fsp3) is 0.526. The molecule has 0 saturated carbocycles. The fourth-order valence-electron chi connectivity index (χ4n) is 3.78. The number of nitrogens with one attached hydrogen (secondary N) is 2. The zero-order chi connectivity index (χ0) is 16.5. The molecule has 0 unspecified atom stereocenters. The number of carbonyl (C=O) groups is 1. The number of hydrogen-bond acceptors (Lipinski definition) is 3. The minimum absolute atomic E-state index is 0.221. The van der Waals surface area contributed by atoms with E-state index in [4.69, 9.17) is 9.57 Å². The number of benzene rings is 1. The number of hydrogen-bond donors (Lipinski definition) is 2. The van der Waals surface area contributed by atoms with Gasteiger partial charge >= 0.3 is 0 Å². The lowest BCUT2D eigenvalue weighted by molar-refractivity contribution is -0.186. The first kappa shape index (κ1) is 15.7. The molecule has 2 aliphatic rings. The molecule has 1 saturated heterocycles. The molecule has 24 heavy (non-hydrogen) atoms. The van der Waals surface area contributed by atoms with Gasteiger partial charge in [0.2, 0.25) is 0 Å². The van der Waals surface area contributed by atoms with Gasteiger partial charge in [-0.25, -0.2) is 10.3 Å². The van der Waals surface area contributed by atoms with Crippen LogP contribution in [0.15, 0.2) is 18.2 Å². The SMILES string of the molecule is C[C@H]1CCc2[nH]c3c(C(=O)NO[C@H]4CCCCO4)cccc3c2C1. The van der Waals surface area contributed by atoms with E-state index in [1.54, 1.807) is 0 Å². The third-order valence-electron chi connectivity index (χ3n) is 5.14. The summed E-state index contributed by atoms with van der Waals surface area (Å²) < 4.78 is 5.49. The van der Waals surface area contributed by atoms with E-state index in [1.807, 2.05) is 12.1 Å². The number of aryl methyl sites for hydroxylation is 1. The van der Waals surface area contributed by atoms with Crippen molar-refractivity contribution in [1.29, 1.82) is 0 Å². The van der Waals surface area contributed by atoms with Crippen LogP contribution in [0.2, 0.25) is 0 Å². The molecule has 1 aliphatic carbocycles. The molecule has 2 aromatic rings. The number of aromatic nitrogens is 1. The number of fused-ring (bicyclic) bond motifs is 3. The summed E-state index contributed by atoms with van der Waals surface area (Å²) in [6.07, 6.45) is 5.94. The van der Waals surface area contributed by atoms with Gasteiger partial charge in [-0.2, -0.15) is 0 Å². The van der Waals surface area contributed by atoms with Gasteiger partial charge in [0, 0.05) is 24.1 Å². The highest BCUT2D eigenvalue weighted by atomic mass is 16.8. The Bertz CT molecular complexity index is 746. The number of H-pyrrole nitrogens is 1. The molecule has 2 atom stereocenters. The van der Waals surface area contributed by atoms with Gasteiger partial charge < -0.3 is 9.72 Å². The maximum absolute atomic E-state index is 12.6. The predicted molar refractivity (Wildman–Crippen MR) is 91.6 cm³/mol. The summed E-state index contributed by atoms with van der Waals surface area (Å²) in [5.74, 6) is 0.474. The third-order valence-corrected chi connectivity index (χ3v) is 5.14. The summed E-state index contributed by atoms with van der Waals surface area (Å²) in [5.41, 5.74) is 6.76. The molecule has 1 amide bonds. The molecule has 2 heterocycles. The molecule has 0 radical (unpaired) electrons. The topological polar surface area (TPSA) is 63.4 Å². The molecule has 2 N–H and O–H groups in total. The second kappa shape index (κ2) is 6.57. The smallest absolute Gasteiger partial charge is 0.277 e. The monoisotopic (exact) mass is 328 g/mol. The van der Waals surface area contributed by atoms with Gasteiger partial charge in [0.1, 0.15) is 0 Å². The molecule has 1 aromatic heterocycles. The van der Waals surface area contributed by atoms with Crippen molar-refractivity contribution in [1.82, 2.24) is 10.5 Å². The van der Waals surface area contributed by atoms with Crippen LogP contribution in [-0.2, 0) is 22.4 Å². The van der Waals surface area contributed by atoms with Crippen LogP contribution in [0, 0.1) is 5.92 Å². The van der Waals surface area contributed by atoms with E-state index in [1.165, 1.54) is 17.7 Å². The molecular formula is C19H24N2O3. The van der Waals surface area contributed by atoms with Crippen LogP contribution in [0.5, 0.6) is 0 Å². The van der Waals surface area contributed by atoms with Gasteiger partial charge in [0.15, 0.2) is 6.29 Å². The molecule has 4 rings (SSSR count). The largest absolute Gasteiger partial charge is 0.358 e. The summed E-state index contributed by atoms with van der Waals surface area (Å²) in [4.78, 5) is 21.5. The Hall–Kier alpha value is -1.85. The zero-order valence-corrected chi connectivity index (χ0v) is 14.1. The molecule has 0 bridgehead atoms. The van der Waals surface area contributed by atoms with Crippen molar-refractivity contribution >= 4 is 16.8 Å². The Kier molecular flexibility index (Phi) is 4.29. The van der Waals surface area contributed by atoms with Crippen LogP contribution < -0.4 is 5.48 Å². The van der Waals surface area contributed by atoms with Crippen molar-refractivity contribution in [2.45, 2.75) is 51.7 Å². The maximum Gasteiger partial charge on any atom is 0.277 e. The first-order chi connectivity index (χ1) is 11.7. The van der Waals surface area contributed by atoms with Crippen LogP contribution in [0.1, 0.15) is 54.2 Å². The Balaban J connectivity index is 1.56. The third kappa shape index (κ3) is 2.94. The lowest BCUT2D eigenvalue weighted by Gasteiger charge is -2.22. The minimum atomic E-state index is -0.334. The Morgan fingerprint density at radius 1 is 1.33 bits per heavy atom. The van der Waals surface area contributed by atoms with E-state index in [9.17, 15) is 4.79 Å². The minimum Gasteiger partial charge on any atom is -0.358 e. The van der Waals surface area contributed by atoms with Crippen molar-refractivity contribution in [3.8, 4) is 0 Å². The summed E-state index contributed by atoms with van der Waals surface area (Å²) >= 11 is 0. The van der Waals surface area contributed by atoms with E-state index in [0.717, 1.165) is 43.0 Å². The normalized spacial score (nSPS) is 23.9. The standard InChI is InChI=1S/C19H24N2O3/c1-12-8-9-16-15(11-12)13-5-4-6-14(18(13)20-16)19(22)21-24-17-7-2-3-10-23-17/h4-6,12,17,20H,2-3,7-11H2,1H3,(H,21,22)/t12-,17-/m0/s1. The van der Waals surface area contributed by atoms with Crippen molar-refractivity contribution in [3.63, 3.8) is 0 Å². The molecule has 5 nitrogen and oxygen atoms in total. The number of para-hydroxylation sites is 1. The number of amides is 1. The van der Waals surface area contributed by atoms with E-state index in [2.05, 4.69) is 23.5 Å². The predicted octanol–water partition coefficient (Wildman–Crippen LogP) is 3.48. The number of rotatable bonds is 3. The van der Waals surface area contributed by atoms with Crippen molar-refractivity contribution in [3.05, 3.63) is 35.0 Å². The van der Waals surface area contributed by atoms with Crippen LogP contribution in [0.4, 0.5) is 0 Å². The van der Waals surface area contributed by atoms with Gasteiger partial charge in [-0.1, -0.05) is 19.1 Å². The highest BCUT2D eigenvalue weighted by Gasteiger charge is 2.23. The molecule has 1 fully saturated rings. The Morgan fingerprint density at radius 2 is 2.25 bits per heavy atom. The molecular weight excluding hydrogens is 304 g/mol. The molecule has 5 heteroatoms. The lowest BCUT2D eigenvalue weighted by atomic mass is 9.87. The van der Waals surface area contributed by atoms with E-state index >= 15 is 0 Å². The van der Waals surface area contributed by atoms with Crippen LogP contribution in [0.3, 0.4) is 0 Å². The summed E-state index contributed by atoms with van der Waals surface area (Å²) in [6.45, 7) is 2.98. The fourth-order valence-corrected chi connectivity index (χ4v) is 3.78. The van der Waals surface area contributed by atoms with Gasteiger partial charge in [-0.15, -0.1) is 0 Å². The number of aromatic amines is 1. The van der Waals surface area contributed by atoms with Crippen molar-refractivity contribution in [2.24, 2.45) is 5.92 Å². The van der Waals surface area contributed by atoms with Gasteiger partial charge in [0.25, 0.3) is 5.91 Å². The van der Waals surface area contributed by atoms with Crippen LogP contribution in [-0.4, -0.2) is 23.8 Å². The highest BCUT2D eigenvalue weighted by molar-refractivity contribution is 6.06. The number of hydroxylamine groups is 1. The number of carbonyl (C=O) groups excluding carboxylic acids is 1. The highest BCUT2D eigenvalue weighted by Crippen LogP contribution is 2.32. The van der Waals surface area contributed by atoms with Gasteiger partial charge in [-0.3, -0.25) is 4.79 Å². The lowest BCUT2D eigenvalue weighted by Crippen LogP contribution is -2.33. The molecule has 1 aromatic carbocycles. The summed E-state index contributed by atoms with van der Waals surface area (Å²) in [6, 6.07) is 5.89. The summed E-state index contributed by atoms with van der Waals surface area (Å²) in [5, 5.41) is 1.16. The first-order valence-corrected chi connectivity index (χ1v) is 8.92. The molecule has 128 valence electrons. The second-order valence-corrected chi connectivity index (χ2v) is 7.00.